The summed E-state index contributed by atoms with van der Waals surface area (Å²) in [4.78, 5) is 25.8. The Hall–Kier alpha value is -2.70. The van der Waals surface area contributed by atoms with E-state index in [1.165, 1.54) is 22.5 Å². The quantitative estimate of drug-likeness (QED) is 0.748. The molecule has 0 radical (unpaired) electrons. The van der Waals surface area contributed by atoms with Gasteiger partial charge >= 0.3 is 6.18 Å². The number of halogens is 3. The lowest BCUT2D eigenvalue weighted by Gasteiger charge is -2.26. The Balaban J connectivity index is 1.87. The Labute approximate surface area is 169 Å². The first kappa shape index (κ1) is 22.0. The Kier molecular flexibility index (Phi) is 6.01. The van der Waals surface area contributed by atoms with Crippen LogP contribution in [0.15, 0.2) is 40.0 Å². The third-order valence-electron chi connectivity index (χ3n) is 4.49. The largest absolute Gasteiger partial charge is 0.431 e. The number of amides is 1. The Bertz CT molecular complexity index is 1120. The molecule has 30 heavy (non-hydrogen) atoms. The SMILES string of the molecule is Cc1ccc(NC(=O)c2ccc(C(F)(F)F)[nH]c2=O)cc1S(=O)(=O)N1CCOCC1. The summed E-state index contributed by atoms with van der Waals surface area (Å²) in [6.45, 7) is 2.52. The van der Waals surface area contributed by atoms with E-state index in [4.69, 9.17) is 4.74 Å². The second-order valence-corrected chi connectivity index (χ2v) is 8.47. The summed E-state index contributed by atoms with van der Waals surface area (Å²) >= 11 is 0. The van der Waals surface area contributed by atoms with Gasteiger partial charge in [0.1, 0.15) is 11.3 Å². The van der Waals surface area contributed by atoms with Crippen LogP contribution < -0.4 is 10.9 Å². The second-order valence-electron chi connectivity index (χ2n) is 6.56. The maximum atomic E-state index is 12.9. The lowest BCUT2D eigenvalue weighted by Crippen LogP contribution is -2.40. The van der Waals surface area contributed by atoms with Crippen molar-refractivity contribution in [1.82, 2.24) is 9.29 Å². The van der Waals surface area contributed by atoms with Gasteiger partial charge in [0.25, 0.3) is 11.5 Å². The number of aromatic amines is 1. The summed E-state index contributed by atoms with van der Waals surface area (Å²) in [5.74, 6) is -0.969. The first-order chi connectivity index (χ1) is 14.0. The Morgan fingerprint density at radius 2 is 1.83 bits per heavy atom. The van der Waals surface area contributed by atoms with Crippen molar-refractivity contribution in [3.8, 4) is 0 Å². The molecule has 12 heteroatoms. The smallest absolute Gasteiger partial charge is 0.379 e. The molecule has 0 atom stereocenters. The van der Waals surface area contributed by atoms with E-state index in [0.29, 0.717) is 11.6 Å². The lowest BCUT2D eigenvalue weighted by molar-refractivity contribution is -0.141. The van der Waals surface area contributed by atoms with Crippen LogP contribution in [0.2, 0.25) is 0 Å². The minimum absolute atomic E-state index is 0.0245. The predicted octanol–water partition coefficient (Wildman–Crippen LogP) is 1.98. The number of sulfonamides is 1. The van der Waals surface area contributed by atoms with Crippen LogP contribution in [0.4, 0.5) is 18.9 Å². The molecule has 2 heterocycles. The van der Waals surface area contributed by atoms with Gasteiger partial charge in [0, 0.05) is 18.8 Å². The van der Waals surface area contributed by atoms with Gasteiger partial charge in [-0.25, -0.2) is 8.42 Å². The van der Waals surface area contributed by atoms with E-state index in [1.807, 2.05) is 0 Å². The zero-order valence-electron chi connectivity index (χ0n) is 15.7. The van der Waals surface area contributed by atoms with Gasteiger partial charge in [-0.05, 0) is 36.8 Å². The molecular formula is C18H18F3N3O5S. The van der Waals surface area contributed by atoms with E-state index in [-0.39, 0.29) is 36.9 Å². The fraction of sp³-hybridized carbons (Fsp3) is 0.333. The van der Waals surface area contributed by atoms with Crippen molar-refractivity contribution in [2.24, 2.45) is 0 Å². The van der Waals surface area contributed by atoms with Gasteiger partial charge < -0.3 is 15.0 Å². The molecule has 1 aromatic carbocycles. The number of ether oxygens (including phenoxy) is 1. The highest BCUT2D eigenvalue weighted by molar-refractivity contribution is 7.89. The van der Waals surface area contributed by atoms with Crippen LogP contribution in [-0.4, -0.2) is 49.9 Å². The van der Waals surface area contributed by atoms with Gasteiger partial charge in [-0.2, -0.15) is 17.5 Å². The van der Waals surface area contributed by atoms with Crippen molar-refractivity contribution in [2.75, 3.05) is 31.6 Å². The minimum Gasteiger partial charge on any atom is -0.379 e. The van der Waals surface area contributed by atoms with Crippen LogP contribution in [0, 0.1) is 6.92 Å². The average molecular weight is 445 g/mol. The van der Waals surface area contributed by atoms with Gasteiger partial charge in [-0.3, -0.25) is 9.59 Å². The van der Waals surface area contributed by atoms with Crippen LogP contribution >= 0.6 is 0 Å². The third-order valence-corrected chi connectivity index (χ3v) is 6.53. The number of nitrogens with one attached hydrogen (secondary N) is 2. The van der Waals surface area contributed by atoms with Crippen LogP contribution in [0.5, 0.6) is 0 Å². The fourth-order valence-corrected chi connectivity index (χ4v) is 4.56. The molecule has 1 aromatic heterocycles. The first-order valence-corrected chi connectivity index (χ1v) is 10.2. The number of rotatable bonds is 4. The third kappa shape index (κ3) is 4.55. The van der Waals surface area contributed by atoms with Crippen molar-refractivity contribution < 1.29 is 31.1 Å². The maximum absolute atomic E-state index is 12.9. The Morgan fingerprint density at radius 3 is 2.43 bits per heavy atom. The molecule has 2 aromatic rings. The number of hydrogen-bond donors (Lipinski definition) is 2. The summed E-state index contributed by atoms with van der Waals surface area (Å²) in [6, 6.07) is 5.51. The molecule has 162 valence electrons. The normalized spacial score (nSPS) is 15.7. The Morgan fingerprint density at radius 1 is 1.17 bits per heavy atom. The molecule has 0 bridgehead atoms. The molecule has 1 fully saturated rings. The van der Waals surface area contributed by atoms with Crippen LogP contribution in [0.1, 0.15) is 21.6 Å². The topological polar surface area (TPSA) is 109 Å². The van der Waals surface area contributed by atoms with Gasteiger partial charge in [0.15, 0.2) is 0 Å². The van der Waals surface area contributed by atoms with Gasteiger partial charge in [-0.15, -0.1) is 0 Å². The molecule has 0 spiro atoms. The zero-order chi connectivity index (χ0) is 22.1. The number of anilines is 1. The van der Waals surface area contributed by atoms with E-state index in [2.05, 4.69) is 5.32 Å². The summed E-state index contributed by atoms with van der Waals surface area (Å²) < 4.78 is 70.2. The number of carbonyl (C=O) groups is 1. The number of morpholine rings is 1. The number of carbonyl (C=O) groups excluding carboxylic acids is 1. The van der Waals surface area contributed by atoms with E-state index < -0.39 is 38.9 Å². The van der Waals surface area contributed by atoms with Gasteiger partial charge in [-0.1, -0.05) is 6.07 Å². The van der Waals surface area contributed by atoms with E-state index in [0.717, 1.165) is 6.07 Å². The zero-order valence-corrected chi connectivity index (χ0v) is 16.6. The predicted molar refractivity (Wildman–Crippen MR) is 101 cm³/mol. The molecule has 2 N–H and O–H groups in total. The van der Waals surface area contributed by atoms with Crippen molar-refractivity contribution in [1.29, 1.82) is 0 Å². The molecule has 1 aliphatic rings. The lowest BCUT2D eigenvalue weighted by atomic mass is 10.2. The monoisotopic (exact) mass is 445 g/mol. The number of alkyl halides is 3. The molecular weight excluding hydrogens is 427 g/mol. The molecule has 0 unspecified atom stereocenters. The minimum atomic E-state index is -4.76. The molecule has 0 aliphatic carbocycles. The summed E-state index contributed by atoms with van der Waals surface area (Å²) in [5.41, 5.74) is -2.50. The van der Waals surface area contributed by atoms with E-state index in [1.54, 1.807) is 11.9 Å². The van der Waals surface area contributed by atoms with Gasteiger partial charge in [0.2, 0.25) is 10.0 Å². The average Bonchev–Trinajstić information content (AvgIpc) is 2.69. The van der Waals surface area contributed by atoms with Crippen LogP contribution in [0.25, 0.3) is 0 Å². The van der Waals surface area contributed by atoms with Gasteiger partial charge in [0.05, 0.1) is 18.1 Å². The summed E-state index contributed by atoms with van der Waals surface area (Å²) in [6.07, 6.45) is -4.76. The standard InChI is InChI=1S/C18H18F3N3O5S/c1-11-2-3-12(10-14(11)30(27,28)24-6-8-29-9-7-24)22-16(25)13-4-5-15(18(19,20)21)23-17(13)26/h2-5,10H,6-9H2,1H3,(H,22,25)(H,23,26). The molecule has 1 aliphatic heterocycles. The number of benzene rings is 1. The van der Waals surface area contributed by atoms with Crippen molar-refractivity contribution in [2.45, 2.75) is 18.0 Å². The fourth-order valence-electron chi connectivity index (χ4n) is 2.90. The maximum Gasteiger partial charge on any atom is 0.431 e. The number of aromatic nitrogens is 1. The molecule has 3 rings (SSSR count). The number of hydrogen-bond acceptors (Lipinski definition) is 5. The highest BCUT2D eigenvalue weighted by Gasteiger charge is 2.32. The van der Waals surface area contributed by atoms with E-state index >= 15 is 0 Å². The number of aryl methyl sites for hydroxylation is 1. The molecule has 8 nitrogen and oxygen atoms in total. The molecule has 0 saturated carbocycles. The summed E-state index contributed by atoms with van der Waals surface area (Å²) in [5, 5.41) is 2.35. The van der Waals surface area contributed by atoms with Crippen LogP contribution in [0.3, 0.4) is 0 Å². The summed E-state index contributed by atoms with van der Waals surface area (Å²) in [7, 11) is -3.84. The van der Waals surface area contributed by atoms with Crippen LogP contribution in [-0.2, 0) is 20.9 Å². The van der Waals surface area contributed by atoms with Crippen molar-refractivity contribution >= 4 is 21.6 Å². The number of pyridine rings is 1. The molecule has 1 amide bonds. The highest BCUT2D eigenvalue weighted by atomic mass is 32.2. The second kappa shape index (κ2) is 8.20. The number of H-pyrrole nitrogens is 1. The van der Waals surface area contributed by atoms with Crippen molar-refractivity contribution in [3.63, 3.8) is 0 Å². The highest BCUT2D eigenvalue weighted by Crippen LogP contribution is 2.27. The molecule has 1 saturated heterocycles. The van der Waals surface area contributed by atoms with E-state index in [9.17, 15) is 31.2 Å². The van der Waals surface area contributed by atoms with Crippen molar-refractivity contribution in [3.05, 3.63) is 57.5 Å². The first-order valence-electron chi connectivity index (χ1n) is 8.80. The number of nitrogens with zero attached hydrogens (tertiary/aromatic N) is 1.